The van der Waals surface area contributed by atoms with Gasteiger partial charge in [0.25, 0.3) is 0 Å². The average molecular weight is 461 g/mol. The zero-order valence-corrected chi connectivity index (χ0v) is 19.2. The van der Waals surface area contributed by atoms with Crippen LogP contribution >= 0.6 is 0 Å². The zero-order chi connectivity index (χ0) is 23.3. The summed E-state index contributed by atoms with van der Waals surface area (Å²) < 4.78 is 31.4. The highest BCUT2D eigenvalue weighted by Crippen LogP contribution is 2.29. The Morgan fingerprint density at radius 1 is 1.03 bits per heavy atom. The van der Waals surface area contributed by atoms with Crippen molar-refractivity contribution in [1.29, 1.82) is 0 Å². The quantitative estimate of drug-likeness (QED) is 0.615. The number of benzene rings is 2. The van der Waals surface area contributed by atoms with Crippen LogP contribution in [0, 0.1) is 0 Å². The molecule has 3 rings (SSSR count). The molecular weight excluding hydrogens is 432 g/mol. The van der Waals surface area contributed by atoms with E-state index in [-0.39, 0.29) is 17.6 Å². The molecular formula is C22H28N4O5S. The molecule has 1 aliphatic heterocycles. The van der Waals surface area contributed by atoms with Crippen molar-refractivity contribution in [2.24, 2.45) is 0 Å². The lowest BCUT2D eigenvalue weighted by Crippen LogP contribution is -2.50. The van der Waals surface area contributed by atoms with Gasteiger partial charge in [0.05, 0.1) is 18.6 Å². The molecule has 1 aliphatic rings. The van der Waals surface area contributed by atoms with Gasteiger partial charge in [0.15, 0.2) is 5.78 Å². The largest absolute Gasteiger partial charge is 0.494 e. The number of piperazine rings is 1. The summed E-state index contributed by atoms with van der Waals surface area (Å²) in [6.45, 7) is 5.53. The monoisotopic (exact) mass is 460 g/mol. The van der Waals surface area contributed by atoms with Crippen LogP contribution in [-0.4, -0.2) is 64.2 Å². The Morgan fingerprint density at radius 2 is 1.69 bits per heavy atom. The first kappa shape index (κ1) is 23.4. The predicted octanol–water partition coefficient (Wildman–Crippen LogP) is 3.01. The molecule has 0 atom stereocenters. The molecule has 1 heterocycles. The lowest BCUT2D eigenvalue weighted by atomic mass is 10.1. The van der Waals surface area contributed by atoms with Gasteiger partial charge in [-0.15, -0.1) is 0 Å². The molecule has 0 unspecified atom stereocenters. The molecule has 2 amide bonds. The topological polar surface area (TPSA) is 108 Å². The van der Waals surface area contributed by atoms with Gasteiger partial charge >= 0.3 is 6.03 Å². The minimum absolute atomic E-state index is 0.0328. The number of anilines is 3. The molecule has 2 aromatic carbocycles. The number of Topliss-reactive ketones (excluding diaryl/α,β-unsaturated/α-hetero) is 1. The van der Waals surface area contributed by atoms with E-state index in [9.17, 15) is 18.0 Å². The number of amides is 2. The van der Waals surface area contributed by atoms with Gasteiger partial charge < -0.3 is 19.9 Å². The first-order chi connectivity index (χ1) is 15.2. The first-order valence-corrected chi connectivity index (χ1v) is 12.0. The summed E-state index contributed by atoms with van der Waals surface area (Å²) in [5.74, 6) is 0.297. The van der Waals surface area contributed by atoms with E-state index in [1.54, 1.807) is 36.9 Å². The third kappa shape index (κ3) is 5.70. The minimum Gasteiger partial charge on any atom is -0.494 e. The number of carbonyl (C=O) groups excluding carboxylic acids is 2. The Morgan fingerprint density at radius 3 is 2.25 bits per heavy atom. The van der Waals surface area contributed by atoms with Gasteiger partial charge in [-0.2, -0.15) is 0 Å². The number of ether oxygens (including phenoxy) is 1. The summed E-state index contributed by atoms with van der Waals surface area (Å²) in [5, 5.41) is 2.84. The molecule has 1 saturated heterocycles. The Hall–Kier alpha value is -3.27. The number of nitrogens with one attached hydrogen (secondary N) is 2. The number of hydrogen-bond donors (Lipinski definition) is 2. The molecule has 1 fully saturated rings. The molecule has 9 nitrogen and oxygen atoms in total. The van der Waals surface area contributed by atoms with Crippen LogP contribution in [0.2, 0.25) is 0 Å². The molecule has 0 radical (unpaired) electrons. The van der Waals surface area contributed by atoms with Crippen LogP contribution in [-0.2, 0) is 10.0 Å². The number of rotatable bonds is 7. The lowest BCUT2D eigenvalue weighted by molar-refractivity contribution is 0.101. The third-order valence-electron chi connectivity index (χ3n) is 5.30. The number of hydrogen-bond acceptors (Lipinski definition) is 6. The maximum Gasteiger partial charge on any atom is 0.321 e. The summed E-state index contributed by atoms with van der Waals surface area (Å²) in [4.78, 5) is 28.0. The highest BCUT2D eigenvalue weighted by molar-refractivity contribution is 7.92. The maximum absolute atomic E-state index is 12.7. The van der Waals surface area contributed by atoms with Crippen LogP contribution < -0.4 is 19.7 Å². The van der Waals surface area contributed by atoms with Gasteiger partial charge in [-0.3, -0.25) is 9.52 Å². The second kappa shape index (κ2) is 9.90. The number of urea groups is 1. The van der Waals surface area contributed by atoms with Crippen molar-refractivity contribution in [1.82, 2.24) is 4.90 Å². The third-order valence-corrected chi connectivity index (χ3v) is 6.60. The molecule has 2 N–H and O–H groups in total. The summed E-state index contributed by atoms with van der Waals surface area (Å²) in [6.07, 6.45) is 0. The molecule has 172 valence electrons. The Bertz CT molecular complexity index is 1080. The maximum atomic E-state index is 12.7. The number of nitrogens with zero attached hydrogens (tertiary/aromatic N) is 2. The lowest BCUT2D eigenvalue weighted by Gasteiger charge is -2.36. The number of methoxy groups -OCH3 is 1. The van der Waals surface area contributed by atoms with E-state index in [2.05, 4.69) is 14.9 Å². The highest BCUT2D eigenvalue weighted by Gasteiger charge is 2.22. The van der Waals surface area contributed by atoms with Crippen molar-refractivity contribution in [3.63, 3.8) is 0 Å². The highest BCUT2D eigenvalue weighted by atomic mass is 32.2. The van der Waals surface area contributed by atoms with E-state index >= 15 is 0 Å². The smallest absolute Gasteiger partial charge is 0.321 e. The average Bonchev–Trinajstić information content (AvgIpc) is 2.80. The Kier molecular flexibility index (Phi) is 7.24. The van der Waals surface area contributed by atoms with Crippen molar-refractivity contribution in [3.05, 3.63) is 48.0 Å². The fourth-order valence-electron chi connectivity index (χ4n) is 3.37. The van der Waals surface area contributed by atoms with Crippen molar-refractivity contribution in [2.75, 3.05) is 54.0 Å². The van der Waals surface area contributed by atoms with Crippen molar-refractivity contribution < 1.29 is 22.7 Å². The fraction of sp³-hybridized carbons (Fsp3) is 0.364. The molecule has 32 heavy (non-hydrogen) atoms. The van der Waals surface area contributed by atoms with Crippen LogP contribution in [0.15, 0.2) is 42.5 Å². The normalized spacial score (nSPS) is 14.1. The summed E-state index contributed by atoms with van der Waals surface area (Å²) in [6, 6.07) is 12.0. The molecule has 10 heteroatoms. The van der Waals surface area contributed by atoms with Crippen LogP contribution in [0.4, 0.5) is 21.9 Å². The van der Waals surface area contributed by atoms with Crippen molar-refractivity contribution in [3.8, 4) is 5.75 Å². The van der Waals surface area contributed by atoms with Gasteiger partial charge in [0.2, 0.25) is 10.0 Å². The molecule has 0 spiro atoms. The summed E-state index contributed by atoms with van der Waals surface area (Å²) in [5.41, 5.74) is 2.52. The SMILES string of the molecule is CCS(=O)(=O)Nc1ccc(NC(=O)N2CCN(c3ccc(C(C)=O)cc3)CC2)cc1OC. The molecule has 2 aromatic rings. The van der Waals surface area contributed by atoms with E-state index in [1.807, 2.05) is 24.3 Å². The van der Waals surface area contributed by atoms with E-state index in [0.29, 0.717) is 48.9 Å². The van der Waals surface area contributed by atoms with Gasteiger partial charge in [-0.25, -0.2) is 13.2 Å². The molecule has 0 aliphatic carbocycles. The van der Waals surface area contributed by atoms with Crippen LogP contribution in [0.25, 0.3) is 0 Å². The van der Waals surface area contributed by atoms with Gasteiger partial charge in [0.1, 0.15) is 5.75 Å². The zero-order valence-electron chi connectivity index (χ0n) is 18.4. The first-order valence-electron chi connectivity index (χ1n) is 10.3. The second-order valence-electron chi connectivity index (χ2n) is 7.43. The van der Waals surface area contributed by atoms with Crippen molar-refractivity contribution in [2.45, 2.75) is 13.8 Å². The second-order valence-corrected chi connectivity index (χ2v) is 9.44. The Labute approximate surface area is 188 Å². The molecule has 0 aromatic heterocycles. The van der Waals surface area contributed by atoms with Gasteiger partial charge in [-0.1, -0.05) is 0 Å². The van der Waals surface area contributed by atoms with E-state index < -0.39 is 10.0 Å². The van der Waals surface area contributed by atoms with Crippen LogP contribution in [0.5, 0.6) is 5.75 Å². The molecule has 0 saturated carbocycles. The van der Waals surface area contributed by atoms with Gasteiger partial charge in [0, 0.05) is 49.2 Å². The van der Waals surface area contributed by atoms with E-state index in [4.69, 9.17) is 4.74 Å². The minimum atomic E-state index is -3.44. The van der Waals surface area contributed by atoms with Crippen LogP contribution in [0.3, 0.4) is 0 Å². The van der Waals surface area contributed by atoms with E-state index in [1.165, 1.54) is 7.11 Å². The number of carbonyl (C=O) groups is 2. The number of ketones is 1. The standard InChI is InChI=1S/C22H28N4O5S/c1-4-32(29,30)24-20-10-7-18(15-21(20)31-3)23-22(28)26-13-11-25(12-14-26)19-8-5-17(6-9-19)16(2)27/h5-10,15,24H,4,11-14H2,1-3H3,(H,23,28). The molecule has 0 bridgehead atoms. The van der Waals surface area contributed by atoms with Crippen LogP contribution in [0.1, 0.15) is 24.2 Å². The van der Waals surface area contributed by atoms with Crippen molar-refractivity contribution >= 4 is 38.9 Å². The van der Waals surface area contributed by atoms with E-state index in [0.717, 1.165) is 5.69 Å². The number of sulfonamides is 1. The summed E-state index contributed by atoms with van der Waals surface area (Å²) in [7, 11) is -2.00. The summed E-state index contributed by atoms with van der Waals surface area (Å²) >= 11 is 0. The predicted molar refractivity (Wildman–Crippen MR) is 125 cm³/mol. The fourth-order valence-corrected chi connectivity index (χ4v) is 4.02. The van der Waals surface area contributed by atoms with Gasteiger partial charge in [-0.05, 0) is 50.2 Å². The Balaban J connectivity index is 1.59.